The minimum Gasteiger partial charge on any atom is -0.481 e. The smallest absolute Gasteiger partial charge is 0.481 e. The fourth-order valence-corrected chi connectivity index (χ4v) is 5.94. The third-order valence-electron chi connectivity index (χ3n) is 8.03. The lowest BCUT2D eigenvalue weighted by molar-refractivity contribution is -0.286. The normalized spacial score (nSPS) is 23.4. The molecule has 2 aliphatic carbocycles. The Morgan fingerprint density at radius 3 is 2.56 bits per heavy atom. The van der Waals surface area contributed by atoms with Crippen molar-refractivity contribution in [1.82, 2.24) is 14.8 Å². The van der Waals surface area contributed by atoms with Crippen LogP contribution < -0.4 is 14.2 Å². The lowest BCUT2D eigenvalue weighted by Crippen LogP contribution is -2.29. The van der Waals surface area contributed by atoms with Crippen LogP contribution in [-0.2, 0) is 22.1 Å². The predicted molar refractivity (Wildman–Crippen MR) is 138 cm³/mol. The zero-order chi connectivity index (χ0) is 30.5. The molecule has 0 radical (unpaired) electrons. The SMILES string of the molecule is C[C@@H](Oc1cc(-n2nc(C(F)(F)F)c3c2C(OC2CCC(C(=O)O)CC2)CCC3)ccn1)c1ccc2c(c1)OC(F)(F)O2. The Labute approximate surface area is 242 Å². The first-order valence-electron chi connectivity index (χ1n) is 14.0. The van der Waals surface area contributed by atoms with Gasteiger partial charge in [-0.05, 0) is 75.6 Å². The second-order valence-corrected chi connectivity index (χ2v) is 10.9. The summed E-state index contributed by atoms with van der Waals surface area (Å²) >= 11 is 0. The van der Waals surface area contributed by atoms with E-state index in [1.807, 2.05) is 0 Å². The van der Waals surface area contributed by atoms with Gasteiger partial charge in [-0.3, -0.25) is 4.79 Å². The Hall–Kier alpha value is -3.94. The standard InChI is InChI=1S/C29H28F5N3O6/c1-15(17-7-10-21-23(13-17)43-29(33,34)42-21)40-24-14-18(11-12-35-24)37-25-20(26(36-37)28(30,31)32)3-2-4-22(25)41-19-8-5-16(6-9-19)27(38)39/h7,10-16,19,22H,2-6,8-9H2,1H3,(H,38,39)/t15-,16?,19?,22?/m1/s1. The van der Waals surface area contributed by atoms with E-state index in [0.717, 1.165) is 0 Å². The van der Waals surface area contributed by atoms with E-state index in [9.17, 15) is 31.9 Å². The summed E-state index contributed by atoms with van der Waals surface area (Å²) in [6, 6.07) is 7.18. The van der Waals surface area contributed by atoms with Gasteiger partial charge in [0, 0.05) is 17.8 Å². The monoisotopic (exact) mass is 609 g/mol. The van der Waals surface area contributed by atoms with Gasteiger partial charge in [-0.2, -0.15) is 18.3 Å². The van der Waals surface area contributed by atoms with Crippen LogP contribution in [0.4, 0.5) is 22.0 Å². The van der Waals surface area contributed by atoms with Crippen LogP contribution in [0.15, 0.2) is 36.5 Å². The number of pyridine rings is 1. The number of aromatic nitrogens is 3. The van der Waals surface area contributed by atoms with Crippen molar-refractivity contribution >= 4 is 5.97 Å². The van der Waals surface area contributed by atoms with E-state index in [1.165, 1.54) is 41.2 Å². The highest BCUT2D eigenvalue weighted by atomic mass is 19.4. The Morgan fingerprint density at radius 1 is 1.09 bits per heavy atom. The lowest BCUT2D eigenvalue weighted by Gasteiger charge is -2.32. The molecule has 0 amide bonds. The predicted octanol–water partition coefficient (Wildman–Crippen LogP) is 6.79. The van der Waals surface area contributed by atoms with Crippen molar-refractivity contribution < 1.29 is 50.8 Å². The molecular weight excluding hydrogens is 581 g/mol. The zero-order valence-electron chi connectivity index (χ0n) is 22.9. The van der Waals surface area contributed by atoms with Gasteiger partial charge in [0.25, 0.3) is 0 Å². The number of carboxylic acid groups (broad SMARTS) is 1. The topological polar surface area (TPSA) is 105 Å². The largest absolute Gasteiger partial charge is 0.586 e. The summed E-state index contributed by atoms with van der Waals surface area (Å²) in [4.78, 5) is 15.5. The zero-order valence-corrected chi connectivity index (χ0v) is 22.9. The molecule has 1 aliphatic heterocycles. The number of carbonyl (C=O) groups is 1. The molecule has 14 heteroatoms. The van der Waals surface area contributed by atoms with E-state index < -0.39 is 42.3 Å². The quantitative estimate of drug-likeness (QED) is 0.292. The summed E-state index contributed by atoms with van der Waals surface area (Å²) in [5, 5.41) is 13.3. The number of ether oxygens (including phenoxy) is 4. The molecular formula is C29H28F5N3O6. The highest BCUT2D eigenvalue weighted by Crippen LogP contribution is 2.44. The third-order valence-corrected chi connectivity index (χ3v) is 8.03. The van der Waals surface area contributed by atoms with Crippen LogP contribution in [0.1, 0.15) is 80.2 Å². The van der Waals surface area contributed by atoms with Gasteiger partial charge >= 0.3 is 18.4 Å². The minimum atomic E-state index is -4.69. The molecule has 3 heterocycles. The Morgan fingerprint density at radius 2 is 1.84 bits per heavy atom. The fraction of sp³-hybridized carbons (Fsp3) is 0.483. The summed E-state index contributed by atoms with van der Waals surface area (Å²) in [6.07, 6.45) is -5.64. The summed E-state index contributed by atoms with van der Waals surface area (Å²) in [7, 11) is 0. The summed E-state index contributed by atoms with van der Waals surface area (Å²) in [5.74, 6) is -1.48. The Kier molecular flexibility index (Phi) is 7.43. The van der Waals surface area contributed by atoms with Crippen molar-refractivity contribution in [3.63, 3.8) is 0 Å². The number of alkyl halides is 5. The Balaban J connectivity index is 1.27. The fourth-order valence-electron chi connectivity index (χ4n) is 5.94. The van der Waals surface area contributed by atoms with Crippen LogP contribution >= 0.6 is 0 Å². The number of benzene rings is 1. The van der Waals surface area contributed by atoms with E-state index in [4.69, 9.17) is 9.47 Å². The Bertz CT molecular complexity index is 1520. The molecule has 3 aromatic rings. The van der Waals surface area contributed by atoms with Crippen LogP contribution in [-0.4, -0.2) is 38.2 Å². The van der Waals surface area contributed by atoms with Crippen molar-refractivity contribution in [2.75, 3.05) is 0 Å². The van der Waals surface area contributed by atoms with Gasteiger partial charge in [-0.15, -0.1) is 8.78 Å². The molecule has 1 N–H and O–H groups in total. The highest BCUT2D eigenvalue weighted by molar-refractivity contribution is 5.70. The van der Waals surface area contributed by atoms with Gasteiger partial charge in [0.15, 0.2) is 17.2 Å². The molecule has 2 aromatic heterocycles. The van der Waals surface area contributed by atoms with Crippen LogP contribution in [0, 0.1) is 5.92 Å². The van der Waals surface area contributed by atoms with E-state index in [2.05, 4.69) is 19.6 Å². The van der Waals surface area contributed by atoms with Gasteiger partial charge in [0.05, 0.1) is 23.4 Å². The molecule has 0 bridgehead atoms. The number of hydrogen-bond acceptors (Lipinski definition) is 7. The first kappa shape index (κ1) is 29.1. The molecule has 230 valence electrons. The number of aliphatic carboxylic acids is 1. The molecule has 1 saturated carbocycles. The summed E-state index contributed by atoms with van der Waals surface area (Å²) in [5.41, 5.74) is 0.164. The van der Waals surface area contributed by atoms with Crippen molar-refractivity contribution in [2.24, 2.45) is 5.92 Å². The van der Waals surface area contributed by atoms with Crippen LogP contribution in [0.2, 0.25) is 0 Å². The van der Waals surface area contributed by atoms with Crippen molar-refractivity contribution in [1.29, 1.82) is 0 Å². The van der Waals surface area contributed by atoms with Gasteiger partial charge in [0.2, 0.25) is 5.88 Å². The first-order chi connectivity index (χ1) is 20.4. The van der Waals surface area contributed by atoms with Crippen molar-refractivity contribution in [3.05, 3.63) is 59.0 Å². The summed E-state index contributed by atoms with van der Waals surface area (Å²) in [6.45, 7) is 1.66. The second kappa shape index (κ2) is 11.0. The number of halogens is 5. The minimum absolute atomic E-state index is 0.0751. The third kappa shape index (κ3) is 5.97. The average Bonchev–Trinajstić information content (AvgIpc) is 3.50. The average molecular weight is 610 g/mol. The molecule has 43 heavy (non-hydrogen) atoms. The van der Waals surface area contributed by atoms with E-state index in [1.54, 1.807) is 6.92 Å². The molecule has 1 fully saturated rings. The molecule has 0 spiro atoms. The molecule has 1 unspecified atom stereocenters. The number of rotatable bonds is 7. The number of fused-ring (bicyclic) bond motifs is 2. The van der Waals surface area contributed by atoms with Gasteiger partial charge < -0.3 is 24.1 Å². The number of hydrogen-bond donors (Lipinski definition) is 1. The maximum absolute atomic E-state index is 14.1. The van der Waals surface area contributed by atoms with Crippen molar-refractivity contribution in [2.45, 2.75) is 82.7 Å². The number of nitrogens with zero attached hydrogens (tertiary/aromatic N) is 3. The molecule has 3 aliphatic rings. The van der Waals surface area contributed by atoms with Gasteiger partial charge in [-0.25, -0.2) is 9.67 Å². The van der Waals surface area contributed by atoms with Crippen molar-refractivity contribution in [3.8, 4) is 23.1 Å². The molecule has 2 atom stereocenters. The molecule has 6 rings (SSSR count). The summed E-state index contributed by atoms with van der Waals surface area (Å²) < 4.78 is 91.6. The molecule has 1 aromatic carbocycles. The number of carboxylic acids is 1. The van der Waals surface area contributed by atoms with Gasteiger partial charge in [-0.1, -0.05) is 6.07 Å². The van der Waals surface area contributed by atoms with Crippen LogP contribution in [0.3, 0.4) is 0 Å². The maximum Gasteiger partial charge on any atom is 0.586 e. The lowest BCUT2D eigenvalue weighted by atomic mass is 9.87. The second-order valence-electron chi connectivity index (χ2n) is 10.9. The van der Waals surface area contributed by atoms with Gasteiger partial charge in [0.1, 0.15) is 12.2 Å². The maximum atomic E-state index is 14.1. The first-order valence-corrected chi connectivity index (χ1v) is 14.0. The van der Waals surface area contributed by atoms with Crippen LogP contribution in [0.25, 0.3) is 5.69 Å². The van der Waals surface area contributed by atoms with E-state index in [-0.39, 0.29) is 41.2 Å². The van der Waals surface area contributed by atoms with E-state index >= 15 is 0 Å². The molecule has 0 saturated heterocycles. The van der Waals surface area contributed by atoms with E-state index in [0.29, 0.717) is 49.8 Å². The molecule has 9 nitrogen and oxygen atoms in total. The highest BCUT2D eigenvalue weighted by Gasteiger charge is 2.44. The van der Waals surface area contributed by atoms with Crippen LogP contribution in [0.5, 0.6) is 17.4 Å².